The average molecular weight is 499 g/mol. The highest BCUT2D eigenvalue weighted by Crippen LogP contribution is 2.48. The number of carbonyl (C=O) groups excluding carboxylic acids is 2. The topological polar surface area (TPSA) is 91.4 Å². The molecule has 1 aromatic carbocycles. The molecule has 3 fully saturated rings. The Labute approximate surface area is 205 Å². The number of hydrogen-bond acceptors (Lipinski definition) is 6. The molecule has 2 aromatic rings. The summed E-state index contributed by atoms with van der Waals surface area (Å²) in [6.45, 7) is 2.43. The van der Waals surface area contributed by atoms with Gasteiger partial charge in [-0.3, -0.25) is 15.0 Å². The van der Waals surface area contributed by atoms with Gasteiger partial charge in [-0.25, -0.2) is 14.8 Å². The molecule has 1 aromatic heterocycles. The number of hydrazine groups is 1. The third-order valence-electron chi connectivity index (χ3n) is 7.89. The van der Waals surface area contributed by atoms with Crippen LogP contribution in [0.15, 0.2) is 36.5 Å². The molecular weight excluding hydrogens is 466 g/mol. The molecule has 2 N–H and O–H groups in total. The Morgan fingerprint density at radius 1 is 1.20 bits per heavy atom. The van der Waals surface area contributed by atoms with Crippen LogP contribution in [0.1, 0.15) is 48.5 Å². The molecule has 7 nitrogen and oxygen atoms in total. The number of fused-ring (bicyclic) bond motifs is 1. The lowest BCUT2D eigenvalue weighted by atomic mass is 9.72. The molecule has 5 rings (SSSR count). The number of Topliss-reactive ketones (excluding diaryl/α,β-unsaturated/α-hetero) is 1. The summed E-state index contributed by atoms with van der Waals surface area (Å²) in [7, 11) is -2.94. The van der Waals surface area contributed by atoms with Gasteiger partial charge < -0.3 is 9.46 Å². The molecular formula is C26H32FN4O3P. The van der Waals surface area contributed by atoms with E-state index in [2.05, 4.69) is 15.8 Å². The largest absolute Gasteiger partial charge is 0.355 e. The second-order valence-corrected chi connectivity index (χ2v) is 13.2. The highest BCUT2D eigenvalue weighted by atomic mass is 31.2. The zero-order valence-corrected chi connectivity index (χ0v) is 20.9. The fourth-order valence-corrected chi connectivity index (χ4v) is 8.65. The van der Waals surface area contributed by atoms with Crippen LogP contribution in [0.3, 0.4) is 0 Å². The summed E-state index contributed by atoms with van der Waals surface area (Å²) in [5.41, 5.74) is 7.48. The van der Waals surface area contributed by atoms with Crippen molar-refractivity contribution in [3.63, 3.8) is 0 Å². The number of hydrogen-bond donors (Lipinski definition) is 2. The van der Waals surface area contributed by atoms with Crippen LogP contribution in [0, 0.1) is 17.7 Å². The Morgan fingerprint density at radius 3 is 2.74 bits per heavy atom. The van der Waals surface area contributed by atoms with E-state index in [0.29, 0.717) is 48.5 Å². The lowest BCUT2D eigenvalue weighted by molar-refractivity contribution is -0.133. The smallest absolute Gasteiger partial charge is 0.237 e. The fraction of sp³-hybridized carbons (Fsp3) is 0.500. The number of amides is 1. The maximum absolute atomic E-state index is 15.0. The first-order valence-electron chi connectivity index (χ1n) is 12.5. The SMILES string of the molecule is CC(=O)c1cccnc1N1CCP(=O)(c2cc(CC3NNC(=O)C4CCCCC34)ccc2F)CC1. The molecule has 186 valence electrons. The molecule has 3 atom stereocenters. The summed E-state index contributed by atoms with van der Waals surface area (Å²) in [5.74, 6) is 0.487. The minimum Gasteiger partial charge on any atom is -0.355 e. The molecule has 1 aliphatic carbocycles. The van der Waals surface area contributed by atoms with Crippen molar-refractivity contribution < 1.29 is 18.5 Å². The number of halogens is 1. The monoisotopic (exact) mass is 498 g/mol. The quantitative estimate of drug-likeness (QED) is 0.486. The molecule has 3 aliphatic rings. The van der Waals surface area contributed by atoms with Crippen molar-refractivity contribution >= 4 is 30.0 Å². The van der Waals surface area contributed by atoms with Crippen LogP contribution in [-0.4, -0.2) is 48.1 Å². The minimum absolute atomic E-state index is 0.0316. The van der Waals surface area contributed by atoms with Crippen molar-refractivity contribution in [2.75, 3.05) is 30.3 Å². The van der Waals surface area contributed by atoms with Gasteiger partial charge in [0.15, 0.2) is 5.78 Å². The van der Waals surface area contributed by atoms with Crippen LogP contribution >= 0.6 is 7.14 Å². The van der Waals surface area contributed by atoms with Gasteiger partial charge in [0, 0.05) is 48.9 Å². The second kappa shape index (κ2) is 9.82. The predicted octanol–water partition coefficient (Wildman–Crippen LogP) is 3.28. The second-order valence-electron chi connectivity index (χ2n) is 10.0. The highest BCUT2D eigenvalue weighted by molar-refractivity contribution is 7.71. The highest BCUT2D eigenvalue weighted by Gasteiger charge is 2.40. The fourth-order valence-electron chi connectivity index (χ4n) is 5.95. The molecule has 0 radical (unpaired) electrons. The first kappa shape index (κ1) is 24.1. The molecule has 0 bridgehead atoms. The number of pyridine rings is 1. The molecule has 0 spiro atoms. The molecule has 9 heteroatoms. The maximum Gasteiger partial charge on any atom is 0.237 e. The van der Waals surface area contributed by atoms with E-state index >= 15 is 0 Å². The van der Waals surface area contributed by atoms with Crippen LogP contribution in [0.5, 0.6) is 0 Å². The van der Waals surface area contributed by atoms with Gasteiger partial charge in [-0.15, -0.1) is 0 Å². The van der Waals surface area contributed by atoms with Crippen LogP contribution in [0.4, 0.5) is 10.2 Å². The number of aromatic nitrogens is 1. The van der Waals surface area contributed by atoms with Gasteiger partial charge in [0.25, 0.3) is 0 Å². The van der Waals surface area contributed by atoms with Crippen molar-refractivity contribution in [3.05, 3.63) is 53.5 Å². The Bertz CT molecular complexity index is 1180. The third-order valence-corrected chi connectivity index (χ3v) is 11.0. The van der Waals surface area contributed by atoms with Gasteiger partial charge in [0.2, 0.25) is 5.91 Å². The van der Waals surface area contributed by atoms with Gasteiger partial charge in [0.05, 0.1) is 5.56 Å². The van der Waals surface area contributed by atoms with Gasteiger partial charge >= 0.3 is 0 Å². The third kappa shape index (κ3) is 4.78. The lowest BCUT2D eigenvalue weighted by Crippen LogP contribution is -2.60. The summed E-state index contributed by atoms with van der Waals surface area (Å²) < 4.78 is 28.9. The van der Waals surface area contributed by atoms with Gasteiger partial charge in [0.1, 0.15) is 18.8 Å². The first-order valence-corrected chi connectivity index (χ1v) is 14.6. The molecule has 1 amide bonds. The Kier molecular flexibility index (Phi) is 6.78. The van der Waals surface area contributed by atoms with Crippen molar-refractivity contribution in [2.45, 2.75) is 45.1 Å². The Morgan fingerprint density at radius 2 is 1.97 bits per heavy atom. The van der Waals surface area contributed by atoms with Crippen molar-refractivity contribution in [1.82, 2.24) is 15.8 Å². The first-order chi connectivity index (χ1) is 16.9. The van der Waals surface area contributed by atoms with Crippen LogP contribution in [-0.2, 0) is 15.8 Å². The standard InChI is InChI=1S/C26H32FN4O3P/c1-17(32)19-7-4-10-28-25(19)31-11-13-35(34,14-12-31)24-16-18(8-9-22(24)27)15-23-20-5-2-3-6-21(20)26(33)30-29-23/h4,7-10,16,20-21,23,29H,2-3,5-6,11-15H2,1H3,(H,30,33). The number of anilines is 1. The molecule has 2 saturated heterocycles. The van der Waals surface area contributed by atoms with Crippen LogP contribution in [0.2, 0.25) is 0 Å². The number of ketones is 1. The van der Waals surface area contributed by atoms with Crippen LogP contribution < -0.4 is 21.1 Å². The lowest BCUT2D eigenvalue weighted by Gasteiger charge is -2.41. The van der Waals surface area contributed by atoms with E-state index in [1.807, 2.05) is 4.90 Å². The summed E-state index contributed by atoms with van der Waals surface area (Å²) in [6, 6.07) is 8.54. The minimum atomic E-state index is -2.94. The molecule has 3 heterocycles. The Hall–Kier alpha value is -2.57. The van der Waals surface area contributed by atoms with E-state index in [4.69, 9.17) is 0 Å². The van der Waals surface area contributed by atoms with E-state index in [9.17, 15) is 18.5 Å². The zero-order chi connectivity index (χ0) is 24.6. The molecule has 1 saturated carbocycles. The Balaban J connectivity index is 1.33. The van der Waals surface area contributed by atoms with E-state index in [1.54, 1.807) is 30.5 Å². The van der Waals surface area contributed by atoms with Crippen molar-refractivity contribution in [2.24, 2.45) is 11.8 Å². The molecule has 35 heavy (non-hydrogen) atoms. The van der Waals surface area contributed by atoms with Crippen molar-refractivity contribution in [3.8, 4) is 0 Å². The summed E-state index contributed by atoms with van der Waals surface area (Å²) in [6.07, 6.45) is 7.09. The number of nitrogens with one attached hydrogen (secondary N) is 2. The van der Waals surface area contributed by atoms with Gasteiger partial charge in [-0.1, -0.05) is 18.9 Å². The van der Waals surface area contributed by atoms with E-state index in [0.717, 1.165) is 31.2 Å². The van der Waals surface area contributed by atoms with Crippen molar-refractivity contribution in [1.29, 1.82) is 0 Å². The van der Waals surface area contributed by atoms with E-state index in [1.165, 1.54) is 13.0 Å². The zero-order valence-electron chi connectivity index (χ0n) is 20.0. The molecule has 2 aliphatic heterocycles. The predicted molar refractivity (Wildman–Crippen MR) is 134 cm³/mol. The average Bonchev–Trinajstić information content (AvgIpc) is 2.87. The van der Waals surface area contributed by atoms with E-state index < -0.39 is 13.0 Å². The summed E-state index contributed by atoms with van der Waals surface area (Å²) in [5, 5.41) is 0.322. The molecule has 3 unspecified atom stereocenters. The summed E-state index contributed by atoms with van der Waals surface area (Å²) >= 11 is 0. The summed E-state index contributed by atoms with van der Waals surface area (Å²) in [4.78, 5) is 30.6. The van der Waals surface area contributed by atoms with E-state index in [-0.39, 0.29) is 29.6 Å². The van der Waals surface area contributed by atoms with Crippen LogP contribution in [0.25, 0.3) is 0 Å². The number of benzene rings is 1. The number of carbonyl (C=O) groups is 2. The normalized spacial score (nSPS) is 26.1. The van der Waals surface area contributed by atoms with Gasteiger partial charge in [-0.05, 0) is 61.9 Å². The number of rotatable bonds is 5. The number of nitrogens with zero attached hydrogens (tertiary/aromatic N) is 2. The maximum atomic E-state index is 15.0. The van der Waals surface area contributed by atoms with Gasteiger partial charge in [-0.2, -0.15) is 0 Å².